The van der Waals surface area contributed by atoms with E-state index >= 15 is 0 Å². The molecule has 1 aliphatic heterocycles. The molecule has 10 heteroatoms. The first-order valence-corrected chi connectivity index (χ1v) is 9.99. The van der Waals surface area contributed by atoms with E-state index in [0.717, 1.165) is 10.9 Å². The fourth-order valence-electron chi connectivity index (χ4n) is 3.82. The zero-order valence-corrected chi connectivity index (χ0v) is 16.7. The number of carbonyl (C=O) groups is 1. The highest BCUT2D eigenvalue weighted by molar-refractivity contribution is 5.93. The molecule has 0 saturated carbocycles. The van der Waals surface area contributed by atoms with Gasteiger partial charge in [0.05, 0.1) is 29.6 Å². The summed E-state index contributed by atoms with van der Waals surface area (Å²) in [6.45, 7) is -1.74. The van der Waals surface area contributed by atoms with E-state index in [2.05, 4.69) is 26.1 Å². The molecule has 5 rings (SSSR count). The smallest absolute Gasteiger partial charge is 0.333 e. The van der Waals surface area contributed by atoms with Crippen molar-refractivity contribution in [3.05, 3.63) is 54.6 Å². The summed E-state index contributed by atoms with van der Waals surface area (Å²) >= 11 is 0. The number of hydrogen-bond acceptors (Lipinski definition) is 5. The van der Waals surface area contributed by atoms with Gasteiger partial charge in [-0.3, -0.25) is 4.79 Å². The number of alkyl halides is 2. The van der Waals surface area contributed by atoms with Crippen molar-refractivity contribution in [2.75, 3.05) is 13.1 Å². The molecular formula is C22H17F2N7O. The Morgan fingerprint density at radius 1 is 1.25 bits per heavy atom. The van der Waals surface area contributed by atoms with Crippen molar-refractivity contribution in [3.63, 3.8) is 0 Å². The van der Waals surface area contributed by atoms with E-state index in [-0.39, 0.29) is 11.8 Å². The van der Waals surface area contributed by atoms with Crippen LogP contribution in [0.1, 0.15) is 23.5 Å². The Morgan fingerprint density at radius 3 is 2.88 bits per heavy atom. The van der Waals surface area contributed by atoms with Crippen LogP contribution >= 0.6 is 0 Å². The first-order valence-electron chi connectivity index (χ1n) is 9.99. The van der Waals surface area contributed by atoms with Crippen LogP contribution in [0.3, 0.4) is 0 Å². The molecule has 1 saturated heterocycles. The first kappa shape index (κ1) is 19.8. The fraction of sp³-hybridized carbons (Fsp3) is 0.227. The average Bonchev–Trinajstić information content (AvgIpc) is 3.57. The summed E-state index contributed by atoms with van der Waals surface area (Å²) in [7, 11) is 0. The quantitative estimate of drug-likeness (QED) is 0.526. The Morgan fingerprint density at radius 2 is 2.12 bits per heavy atom. The molecule has 32 heavy (non-hydrogen) atoms. The lowest BCUT2D eigenvalue weighted by Crippen LogP contribution is -2.29. The number of rotatable bonds is 4. The summed E-state index contributed by atoms with van der Waals surface area (Å²) in [5.74, 6) is -0.331. The van der Waals surface area contributed by atoms with Gasteiger partial charge in [0.15, 0.2) is 0 Å². The average molecular weight is 433 g/mol. The number of aromatic amines is 1. The third-order valence-electron chi connectivity index (χ3n) is 5.50. The SMILES string of the molecule is N#CC1CCN(C(=O)c2cccc(-c3cnc4[nH]c(-c5cnn(C(F)F)c5)cc4c3)n2)C1. The third-order valence-corrected chi connectivity index (χ3v) is 5.50. The van der Waals surface area contributed by atoms with Crippen LogP contribution < -0.4 is 0 Å². The van der Waals surface area contributed by atoms with Crippen LogP contribution in [0, 0.1) is 17.2 Å². The van der Waals surface area contributed by atoms with Crippen molar-refractivity contribution < 1.29 is 13.6 Å². The molecule has 1 amide bonds. The number of nitrogens with zero attached hydrogens (tertiary/aromatic N) is 6. The number of nitriles is 1. The zero-order chi connectivity index (χ0) is 22.2. The van der Waals surface area contributed by atoms with Crippen LogP contribution in [0.15, 0.2) is 48.9 Å². The van der Waals surface area contributed by atoms with Crippen molar-refractivity contribution in [3.8, 4) is 28.6 Å². The summed E-state index contributed by atoms with van der Waals surface area (Å²) in [5.41, 5.74) is 3.37. The first-order chi connectivity index (χ1) is 15.5. The number of fused-ring (bicyclic) bond motifs is 1. The molecule has 1 unspecified atom stereocenters. The highest BCUT2D eigenvalue weighted by Crippen LogP contribution is 2.27. The van der Waals surface area contributed by atoms with E-state index < -0.39 is 6.55 Å². The molecule has 1 fully saturated rings. The molecule has 8 nitrogen and oxygen atoms in total. The minimum Gasteiger partial charge on any atom is -0.339 e. The monoisotopic (exact) mass is 433 g/mol. The molecule has 4 aromatic rings. The number of halogens is 2. The number of carbonyl (C=O) groups excluding carboxylic acids is 1. The van der Waals surface area contributed by atoms with Crippen molar-refractivity contribution >= 4 is 16.9 Å². The lowest BCUT2D eigenvalue weighted by molar-refractivity contribution is 0.0566. The Balaban J connectivity index is 1.43. The van der Waals surface area contributed by atoms with Crippen molar-refractivity contribution in [2.45, 2.75) is 13.0 Å². The van der Waals surface area contributed by atoms with E-state index in [1.165, 1.54) is 12.4 Å². The predicted molar refractivity (Wildman–Crippen MR) is 111 cm³/mol. The third kappa shape index (κ3) is 3.58. The molecule has 5 heterocycles. The van der Waals surface area contributed by atoms with Gasteiger partial charge in [-0.05, 0) is 30.7 Å². The molecule has 0 aliphatic carbocycles. The molecule has 0 radical (unpaired) electrons. The second kappa shape index (κ2) is 7.85. The molecule has 4 aromatic heterocycles. The summed E-state index contributed by atoms with van der Waals surface area (Å²) < 4.78 is 26.2. The van der Waals surface area contributed by atoms with Crippen LogP contribution in [0.5, 0.6) is 0 Å². The van der Waals surface area contributed by atoms with Crippen molar-refractivity contribution in [2.24, 2.45) is 5.92 Å². The molecule has 1 aliphatic rings. The highest BCUT2D eigenvalue weighted by atomic mass is 19.3. The van der Waals surface area contributed by atoms with Gasteiger partial charge >= 0.3 is 6.55 Å². The van der Waals surface area contributed by atoms with Gasteiger partial charge in [0.1, 0.15) is 11.3 Å². The number of likely N-dealkylation sites (tertiary alicyclic amines) is 1. The number of amides is 1. The fourth-order valence-corrected chi connectivity index (χ4v) is 3.82. The molecular weight excluding hydrogens is 416 g/mol. The minimum absolute atomic E-state index is 0.135. The number of pyridine rings is 2. The predicted octanol–water partition coefficient (Wildman–Crippen LogP) is 3.87. The molecule has 0 bridgehead atoms. The second-order valence-electron chi connectivity index (χ2n) is 7.61. The normalized spacial score (nSPS) is 16.1. The van der Waals surface area contributed by atoms with Gasteiger partial charge < -0.3 is 9.88 Å². The lowest BCUT2D eigenvalue weighted by Gasteiger charge is -2.15. The Labute approximate surface area is 181 Å². The van der Waals surface area contributed by atoms with Gasteiger partial charge in [0.25, 0.3) is 5.91 Å². The maximum Gasteiger partial charge on any atom is 0.333 e. The number of aromatic nitrogens is 5. The number of hydrogen-bond donors (Lipinski definition) is 1. The molecule has 0 aromatic carbocycles. The van der Waals surface area contributed by atoms with Gasteiger partial charge in [-0.1, -0.05) is 6.07 Å². The van der Waals surface area contributed by atoms with E-state index in [0.29, 0.717) is 52.5 Å². The van der Waals surface area contributed by atoms with E-state index in [1.54, 1.807) is 35.4 Å². The van der Waals surface area contributed by atoms with Crippen LogP contribution in [0.25, 0.3) is 33.5 Å². The van der Waals surface area contributed by atoms with Crippen molar-refractivity contribution in [1.82, 2.24) is 29.6 Å². The number of nitrogens with one attached hydrogen (secondary N) is 1. The largest absolute Gasteiger partial charge is 0.339 e. The van der Waals surface area contributed by atoms with Crippen LogP contribution in [-0.4, -0.2) is 48.6 Å². The standard InChI is InChI=1S/C22H17F2N7O/c23-22(24)31-12-16(10-27-31)19-7-14-6-15(9-26-20(14)29-19)17-2-1-3-18(28-17)21(32)30-5-4-13(8-25)11-30/h1-3,6-7,9-10,12-13,22H,4-5,11H2,(H,26,29). The maximum atomic E-state index is 12.8. The highest BCUT2D eigenvalue weighted by Gasteiger charge is 2.27. The van der Waals surface area contributed by atoms with Crippen LogP contribution in [-0.2, 0) is 0 Å². The lowest BCUT2D eigenvalue weighted by atomic mass is 10.1. The summed E-state index contributed by atoms with van der Waals surface area (Å²) in [5, 5.41) is 13.5. The van der Waals surface area contributed by atoms with E-state index in [9.17, 15) is 13.6 Å². The topological polar surface area (TPSA) is 103 Å². The van der Waals surface area contributed by atoms with Gasteiger partial charge in [-0.2, -0.15) is 19.1 Å². The van der Waals surface area contributed by atoms with Gasteiger partial charge in [0, 0.05) is 42.0 Å². The minimum atomic E-state index is -2.70. The van der Waals surface area contributed by atoms with Gasteiger partial charge in [-0.25, -0.2) is 14.6 Å². The van der Waals surface area contributed by atoms with Crippen LogP contribution in [0.2, 0.25) is 0 Å². The van der Waals surface area contributed by atoms with Gasteiger partial charge in [-0.15, -0.1) is 0 Å². The molecule has 0 spiro atoms. The van der Waals surface area contributed by atoms with Gasteiger partial charge in [0.2, 0.25) is 0 Å². The molecule has 160 valence electrons. The zero-order valence-electron chi connectivity index (χ0n) is 16.7. The summed E-state index contributed by atoms with van der Waals surface area (Å²) in [6.07, 6.45) is 4.95. The molecule has 1 atom stereocenters. The molecule has 1 N–H and O–H groups in total. The van der Waals surface area contributed by atoms with E-state index in [4.69, 9.17) is 5.26 Å². The maximum absolute atomic E-state index is 12.8. The number of H-pyrrole nitrogens is 1. The van der Waals surface area contributed by atoms with E-state index in [1.807, 2.05) is 6.07 Å². The summed E-state index contributed by atoms with van der Waals surface area (Å²) in [6, 6.07) is 11.1. The summed E-state index contributed by atoms with van der Waals surface area (Å²) in [4.78, 5) is 26.5. The second-order valence-corrected chi connectivity index (χ2v) is 7.61. The van der Waals surface area contributed by atoms with Crippen molar-refractivity contribution in [1.29, 1.82) is 5.26 Å². The Bertz CT molecular complexity index is 1350. The Kier molecular flexibility index (Phi) is 4.86. The van der Waals surface area contributed by atoms with Crippen LogP contribution in [0.4, 0.5) is 8.78 Å². The Hall–Kier alpha value is -4.13.